The van der Waals surface area contributed by atoms with Gasteiger partial charge in [0.15, 0.2) is 12.3 Å². The van der Waals surface area contributed by atoms with Gasteiger partial charge in [-0.2, -0.15) is 0 Å². The Balaban J connectivity index is 1.72. The van der Waals surface area contributed by atoms with E-state index in [1.807, 2.05) is 0 Å². The summed E-state index contributed by atoms with van der Waals surface area (Å²) in [6, 6.07) is 0.175. The lowest BCUT2D eigenvalue weighted by molar-refractivity contribution is -0.125. The third kappa shape index (κ3) is 5.51. The number of rotatable bonds is 6. The first kappa shape index (κ1) is 19.3. The predicted molar refractivity (Wildman–Crippen MR) is 95.0 cm³/mol. The molecule has 25 heavy (non-hydrogen) atoms. The Labute approximate surface area is 149 Å². The Bertz CT molecular complexity index is 590. The van der Waals surface area contributed by atoms with E-state index in [2.05, 4.69) is 36.1 Å². The Morgan fingerprint density at radius 2 is 1.88 bits per heavy atom. The van der Waals surface area contributed by atoms with Gasteiger partial charge in [-0.05, 0) is 43.9 Å². The molecule has 6 nitrogen and oxygen atoms in total. The summed E-state index contributed by atoms with van der Waals surface area (Å²) in [5.74, 6) is -0.175. The molecule has 0 aromatic carbocycles. The van der Waals surface area contributed by atoms with Crippen molar-refractivity contribution in [2.75, 3.05) is 6.61 Å². The van der Waals surface area contributed by atoms with E-state index >= 15 is 0 Å². The predicted octanol–water partition coefficient (Wildman–Crippen LogP) is 3.05. The van der Waals surface area contributed by atoms with E-state index < -0.39 is 5.97 Å². The highest BCUT2D eigenvalue weighted by Crippen LogP contribution is 2.40. The highest BCUT2D eigenvalue weighted by Gasteiger charge is 2.32. The van der Waals surface area contributed by atoms with Gasteiger partial charge in [-0.15, -0.1) is 0 Å². The summed E-state index contributed by atoms with van der Waals surface area (Å²) in [5, 5.41) is 2.97. The smallest absolute Gasteiger partial charge is 0.359 e. The maximum Gasteiger partial charge on any atom is 0.359 e. The number of carbonyl (C=O) groups is 2. The molecule has 1 aromatic heterocycles. The fourth-order valence-electron chi connectivity index (χ4n) is 3.28. The second-order valence-corrected chi connectivity index (χ2v) is 7.58. The lowest BCUT2D eigenvalue weighted by atomic mass is 9.69. The van der Waals surface area contributed by atoms with Gasteiger partial charge in [0.05, 0.1) is 11.9 Å². The quantitative estimate of drug-likeness (QED) is 0.800. The van der Waals surface area contributed by atoms with Crippen LogP contribution in [-0.4, -0.2) is 34.5 Å². The molecule has 1 saturated carbocycles. The van der Waals surface area contributed by atoms with Crippen LogP contribution in [0.1, 0.15) is 69.1 Å². The molecule has 1 heterocycles. The van der Waals surface area contributed by atoms with Gasteiger partial charge >= 0.3 is 5.97 Å². The van der Waals surface area contributed by atoms with Crippen LogP contribution in [0.2, 0.25) is 0 Å². The number of nitrogens with one attached hydrogen (secondary N) is 1. The van der Waals surface area contributed by atoms with Gasteiger partial charge in [0, 0.05) is 12.2 Å². The minimum Gasteiger partial charge on any atom is -0.451 e. The molecule has 1 aliphatic carbocycles. The number of ether oxygens (including phenoxy) is 1. The monoisotopic (exact) mass is 347 g/mol. The molecule has 0 aliphatic heterocycles. The van der Waals surface area contributed by atoms with Crippen molar-refractivity contribution in [2.24, 2.45) is 11.3 Å². The standard InChI is InChI=1S/C19H29N3O3/c1-5-19(3,4)14-6-8-15(9-7-14)22-17(23)12-25-18(24)16-11-20-13(2)10-21-16/h10-11,14-15H,5-9,12H2,1-4H3,(H,22,23). The van der Waals surface area contributed by atoms with Gasteiger partial charge in [0.1, 0.15) is 0 Å². The Kier molecular flexibility index (Phi) is 6.51. The third-order valence-corrected chi connectivity index (χ3v) is 5.43. The van der Waals surface area contributed by atoms with Crippen molar-refractivity contribution in [3.8, 4) is 0 Å². The van der Waals surface area contributed by atoms with Crippen LogP contribution in [0.3, 0.4) is 0 Å². The van der Waals surface area contributed by atoms with Crippen LogP contribution in [0.5, 0.6) is 0 Å². The summed E-state index contributed by atoms with van der Waals surface area (Å²) in [5.41, 5.74) is 1.19. The highest BCUT2D eigenvalue weighted by atomic mass is 16.5. The van der Waals surface area contributed by atoms with Crippen LogP contribution < -0.4 is 5.32 Å². The molecule has 0 bridgehead atoms. The summed E-state index contributed by atoms with van der Waals surface area (Å²) in [6.45, 7) is 8.38. The first-order valence-corrected chi connectivity index (χ1v) is 9.07. The minimum absolute atomic E-state index is 0.112. The largest absolute Gasteiger partial charge is 0.451 e. The van der Waals surface area contributed by atoms with E-state index in [-0.39, 0.29) is 24.2 Å². The Hall–Kier alpha value is -1.98. The Morgan fingerprint density at radius 1 is 1.20 bits per heavy atom. The van der Waals surface area contributed by atoms with E-state index in [0.29, 0.717) is 11.3 Å². The van der Waals surface area contributed by atoms with Crippen molar-refractivity contribution in [3.63, 3.8) is 0 Å². The molecule has 0 radical (unpaired) electrons. The van der Waals surface area contributed by atoms with Crippen LogP contribution in [-0.2, 0) is 9.53 Å². The average Bonchev–Trinajstić information content (AvgIpc) is 2.61. The van der Waals surface area contributed by atoms with Crippen LogP contribution in [0.4, 0.5) is 0 Å². The Morgan fingerprint density at radius 3 is 2.44 bits per heavy atom. The van der Waals surface area contributed by atoms with Crippen LogP contribution in [0.25, 0.3) is 0 Å². The molecule has 1 aromatic rings. The number of carbonyl (C=O) groups excluding carboxylic acids is 2. The van der Waals surface area contributed by atoms with E-state index in [0.717, 1.165) is 31.4 Å². The van der Waals surface area contributed by atoms with E-state index in [4.69, 9.17) is 4.74 Å². The van der Waals surface area contributed by atoms with Gasteiger partial charge in [-0.1, -0.05) is 27.2 Å². The first-order valence-electron chi connectivity index (χ1n) is 9.07. The van der Waals surface area contributed by atoms with Crippen LogP contribution in [0, 0.1) is 18.3 Å². The molecule has 1 fully saturated rings. The molecule has 1 aliphatic rings. The molecule has 0 saturated heterocycles. The van der Waals surface area contributed by atoms with Crippen LogP contribution >= 0.6 is 0 Å². The molecule has 138 valence electrons. The topological polar surface area (TPSA) is 81.2 Å². The average molecular weight is 347 g/mol. The van der Waals surface area contributed by atoms with Crippen molar-refractivity contribution in [2.45, 2.75) is 65.8 Å². The number of amides is 1. The van der Waals surface area contributed by atoms with Crippen molar-refractivity contribution in [1.29, 1.82) is 0 Å². The molecule has 1 N–H and O–H groups in total. The van der Waals surface area contributed by atoms with Gasteiger partial charge in [-0.25, -0.2) is 9.78 Å². The molecule has 0 unspecified atom stereocenters. The molecular weight excluding hydrogens is 318 g/mol. The normalized spacial score (nSPS) is 20.8. The number of nitrogens with zero attached hydrogens (tertiary/aromatic N) is 2. The van der Waals surface area contributed by atoms with E-state index in [1.54, 1.807) is 6.92 Å². The van der Waals surface area contributed by atoms with Crippen molar-refractivity contribution >= 4 is 11.9 Å². The lowest BCUT2D eigenvalue weighted by Crippen LogP contribution is -2.41. The van der Waals surface area contributed by atoms with E-state index in [1.165, 1.54) is 18.8 Å². The lowest BCUT2D eigenvalue weighted by Gasteiger charge is -2.39. The van der Waals surface area contributed by atoms with E-state index in [9.17, 15) is 9.59 Å². The molecule has 6 heteroatoms. The summed E-state index contributed by atoms with van der Waals surface area (Å²) >= 11 is 0. The van der Waals surface area contributed by atoms with Gasteiger partial charge in [0.2, 0.25) is 0 Å². The zero-order chi connectivity index (χ0) is 18.4. The fraction of sp³-hybridized carbons (Fsp3) is 0.684. The van der Waals surface area contributed by atoms with Gasteiger partial charge in [0.25, 0.3) is 5.91 Å². The summed E-state index contributed by atoms with van der Waals surface area (Å²) in [4.78, 5) is 31.8. The molecule has 0 spiro atoms. The number of aromatic nitrogens is 2. The maximum atomic E-state index is 12.0. The SMILES string of the molecule is CCC(C)(C)C1CCC(NC(=O)COC(=O)c2cnc(C)cn2)CC1. The van der Waals surface area contributed by atoms with Gasteiger partial charge < -0.3 is 10.1 Å². The number of aryl methyl sites for hydroxylation is 1. The summed E-state index contributed by atoms with van der Waals surface area (Å²) in [7, 11) is 0. The zero-order valence-electron chi connectivity index (χ0n) is 15.7. The van der Waals surface area contributed by atoms with Crippen molar-refractivity contribution in [3.05, 3.63) is 23.8 Å². The first-order chi connectivity index (χ1) is 11.8. The molecule has 2 rings (SSSR count). The molecule has 1 amide bonds. The van der Waals surface area contributed by atoms with Gasteiger partial charge in [-0.3, -0.25) is 9.78 Å². The third-order valence-electron chi connectivity index (χ3n) is 5.43. The highest BCUT2D eigenvalue weighted by molar-refractivity contribution is 5.89. The molecular formula is C19H29N3O3. The van der Waals surface area contributed by atoms with Crippen molar-refractivity contribution < 1.29 is 14.3 Å². The molecule has 0 atom stereocenters. The number of hydrogen-bond acceptors (Lipinski definition) is 5. The van der Waals surface area contributed by atoms with Crippen LogP contribution in [0.15, 0.2) is 12.4 Å². The summed E-state index contributed by atoms with van der Waals surface area (Å²) in [6.07, 6.45) is 8.25. The fourth-order valence-corrected chi connectivity index (χ4v) is 3.28. The van der Waals surface area contributed by atoms with Crippen molar-refractivity contribution in [1.82, 2.24) is 15.3 Å². The summed E-state index contributed by atoms with van der Waals surface area (Å²) < 4.78 is 5.01. The maximum absolute atomic E-state index is 12.0. The second kappa shape index (κ2) is 8.41. The number of esters is 1. The zero-order valence-corrected chi connectivity index (χ0v) is 15.7. The minimum atomic E-state index is -0.629. The second-order valence-electron chi connectivity index (χ2n) is 7.58. The number of hydrogen-bond donors (Lipinski definition) is 1.